The van der Waals surface area contributed by atoms with Gasteiger partial charge in [0.15, 0.2) is 0 Å². The first-order valence-corrected chi connectivity index (χ1v) is 7.59. The number of hydrogen-bond donors (Lipinski definition) is 1. The summed E-state index contributed by atoms with van der Waals surface area (Å²) in [4.78, 5) is 12.7. The molecule has 0 aromatic heterocycles. The van der Waals surface area contributed by atoms with E-state index in [4.69, 9.17) is 17.3 Å². The van der Waals surface area contributed by atoms with Crippen molar-refractivity contribution >= 4 is 26.4 Å². The highest BCUT2D eigenvalue weighted by Gasteiger charge is 2.28. The number of carbonyl (C=O) groups excluding carboxylic acids is 1. The summed E-state index contributed by atoms with van der Waals surface area (Å²) in [5.74, 6) is -0.678. The SMILES string of the molecule is [B]C1C=C(C(=O)OC(C)(C)C)C(S)=C[C@@H]1COC(C)(C)C. The Morgan fingerprint density at radius 3 is 2.24 bits per heavy atom. The van der Waals surface area contributed by atoms with Crippen molar-refractivity contribution in [2.45, 2.75) is 58.6 Å². The standard InChI is InChI=1S/C16H25BO3S/c1-15(2,3)19-9-10-7-13(21)11(8-12(10)17)14(18)20-16(4,5)6/h7-8,10,12,21H,9H2,1-6H3/t10-,12?/m1/s1. The lowest BCUT2D eigenvalue weighted by molar-refractivity contribution is -0.149. The van der Waals surface area contributed by atoms with E-state index in [1.165, 1.54) is 0 Å². The van der Waals surface area contributed by atoms with Gasteiger partial charge in [0.05, 0.1) is 25.6 Å². The van der Waals surface area contributed by atoms with Gasteiger partial charge in [0.1, 0.15) is 5.60 Å². The molecule has 21 heavy (non-hydrogen) atoms. The second kappa shape index (κ2) is 6.61. The zero-order chi connectivity index (χ0) is 16.4. The van der Waals surface area contributed by atoms with Gasteiger partial charge >= 0.3 is 5.97 Å². The summed E-state index contributed by atoms with van der Waals surface area (Å²) in [7, 11) is 6.12. The van der Waals surface area contributed by atoms with Crippen LogP contribution in [0, 0.1) is 5.92 Å². The van der Waals surface area contributed by atoms with Crippen molar-refractivity contribution in [3.05, 3.63) is 22.6 Å². The van der Waals surface area contributed by atoms with Gasteiger partial charge in [-0.1, -0.05) is 18.0 Å². The monoisotopic (exact) mass is 308 g/mol. The molecule has 2 radical (unpaired) electrons. The third-order valence-corrected chi connectivity index (χ3v) is 3.22. The number of esters is 1. The van der Waals surface area contributed by atoms with Crippen LogP contribution in [-0.4, -0.2) is 31.6 Å². The normalized spacial score (nSPS) is 23.4. The Morgan fingerprint density at radius 2 is 1.76 bits per heavy atom. The van der Waals surface area contributed by atoms with Crippen molar-refractivity contribution in [1.82, 2.24) is 0 Å². The Balaban J connectivity index is 2.77. The lowest BCUT2D eigenvalue weighted by atomic mass is 9.73. The first-order chi connectivity index (χ1) is 9.39. The number of hydrogen-bond acceptors (Lipinski definition) is 4. The Labute approximate surface area is 135 Å². The topological polar surface area (TPSA) is 35.5 Å². The van der Waals surface area contributed by atoms with E-state index in [0.29, 0.717) is 17.1 Å². The van der Waals surface area contributed by atoms with E-state index in [0.717, 1.165) is 0 Å². The van der Waals surface area contributed by atoms with Crippen LogP contribution < -0.4 is 0 Å². The molecule has 1 aliphatic carbocycles. The Kier molecular flexibility index (Phi) is 5.79. The van der Waals surface area contributed by atoms with Crippen LogP contribution in [0.3, 0.4) is 0 Å². The van der Waals surface area contributed by atoms with E-state index >= 15 is 0 Å². The minimum absolute atomic E-state index is 0.00270. The average Bonchev–Trinajstić information content (AvgIpc) is 2.26. The minimum Gasteiger partial charge on any atom is -0.456 e. The predicted octanol–water partition coefficient (Wildman–Crippen LogP) is 3.47. The van der Waals surface area contributed by atoms with Gasteiger partial charge in [-0.3, -0.25) is 0 Å². The third kappa shape index (κ3) is 6.31. The van der Waals surface area contributed by atoms with Gasteiger partial charge in [0.25, 0.3) is 0 Å². The average molecular weight is 308 g/mol. The van der Waals surface area contributed by atoms with Crippen molar-refractivity contribution < 1.29 is 14.3 Å². The third-order valence-electron chi connectivity index (χ3n) is 2.83. The van der Waals surface area contributed by atoms with Gasteiger partial charge in [0.2, 0.25) is 0 Å². The quantitative estimate of drug-likeness (QED) is 0.492. The van der Waals surface area contributed by atoms with Crippen LogP contribution in [0.15, 0.2) is 22.6 Å². The molecule has 1 rings (SSSR count). The highest BCUT2D eigenvalue weighted by atomic mass is 32.1. The molecule has 0 aromatic carbocycles. The Morgan fingerprint density at radius 1 is 1.19 bits per heavy atom. The predicted molar refractivity (Wildman–Crippen MR) is 89.7 cm³/mol. The molecule has 0 bridgehead atoms. The molecule has 5 heteroatoms. The van der Waals surface area contributed by atoms with Crippen LogP contribution in [0.4, 0.5) is 0 Å². The van der Waals surface area contributed by atoms with Crippen molar-refractivity contribution in [3.63, 3.8) is 0 Å². The molecule has 1 aliphatic rings. The van der Waals surface area contributed by atoms with Gasteiger partial charge in [-0.15, -0.1) is 12.6 Å². The van der Waals surface area contributed by atoms with Gasteiger partial charge in [-0.05, 0) is 41.5 Å². The van der Waals surface area contributed by atoms with Gasteiger partial charge in [-0.25, -0.2) is 4.79 Å². The summed E-state index contributed by atoms with van der Waals surface area (Å²) in [6.07, 6.45) is 3.59. The van der Waals surface area contributed by atoms with E-state index in [9.17, 15) is 4.79 Å². The van der Waals surface area contributed by atoms with Crippen molar-refractivity contribution in [3.8, 4) is 0 Å². The molecular weight excluding hydrogens is 283 g/mol. The molecule has 0 N–H and O–H groups in total. The zero-order valence-electron chi connectivity index (χ0n) is 13.8. The fourth-order valence-electron chi connectivity index (χ4n) is 1.82. The number of rotatable bonds is 3. The summed E-state index contributed by atoms with van der Waals surface area (Å²) >= 11 is 4.39. The molecule has 3 nitrogen and oxygen atoms in total. The highest BCUT2D eigenvalue weighted by Crippen LogP contribution is 2.33. The molecule has 0 saturated heterocycles. The first kappa shape index (κ1) is 18.4. The number of allylic oxidation sites excluding steroid dienone is 1. The molecule has 0 amide bonds. The number of thiol groups is 1. The van der Waals surface area contributed by atoms with Crippen LogP contribution >= 0.6 is 12.6 Å². The largest absolute Gasteiger partial charge is 0.456 e. The maximum absolute atomic E-state index is 12.1. The second-order valence-corrected chi connectivity index (χ2v) is 7.78. The molecule has 0 aromatic rings. The summed E-state index contributed by atoms with van der Waals surface area (Å²) in [5.41, 5.74) is -0.338. The fraction of sp³-hybridized carbons (Fsp3) is 0.688. The molecule has 116 valence electrons. The van der Waals surface area contributed by atoms with Crippen LogP contribution in [0.25, 0.3) is 0 Å². The lowest BCUT2D eigenvalue weighted by Crippen LogP contribution is -2.28. The molecule has 0 spiro atoms. The first-order valence-electron chi connectivity index (χ1n) is 7.15. The van der Waals surface area contributed by atoms with E-state index in [1.807, 2.05) is 47.6 Å². The Bertz CT molecular complexity index is 455. The molecule has 0 heterocycles. The van der Waals surface area contributed by atoms with Crippen LogP contribution in [0.5, 0.6) is 0 Å². The summed E-state index contributed by atoms with van der Waals surface area (Å²) in [6, 6.07) is 0. The highest BCUT2D eigenvalue weighted by molar-refractivity contribution is 7.84. The van der Waals surface area contributed by atoms with Crippen LogP contribution in [-0.2, 0) is 14.3 Å². The van der Waals surface area contributed by atoms with E-state index in [-0.39, 0.29) is 17.3 Å². The van der Waals surface area contributed by atoms with Crippen LogP contribution in [0.2, 0.25) is 5.82 Å². The molecule has 1 unspecified atom stereocenters. The van der Waals surface area contributed by atoms with Gasteiger partial charge < -0.3 is 9.47 Å². The van der Waals surface area contributed by atoms with Crippen LogP contribution in [0.1, 0.15) is 41.5 Å². The van der Waals surface area contributed by atoms with E-state index in [1.54, 1.807) is 6.08 Å². The Hall–Kier alpha value is -0.675. The van der Waals surface area contributed by atoms with E-state index < -0.39 is 11.6 Å². The molecular formula is C16H25BO3S. The molecule has 0 aliphatic heterocycles. The van der Waals surface area contributed by atoms with Crippen molar-refractivity contribution in [1.29, 1.82) is 0 Å². The van der Waals surface area contributed by atoms with Crippen molar-refractivity contribution in [2.24, 2.45) is 5.92 Å². The smallest absolute Gasteiger partial charge is 0.339 e. The molecule has 0 fully saturated rings. The minimum atomic E-state index is -0.539. The number of ether oxygens (including phenoxy) is 2. The fourth-order valence-corrected chi connectivity index (χ4v) is 2.17. The zero-order valence-corrected chi connectivity index (χ0v) is 14.7. The van der Waals surface area contributed by atoms with Gasteiger partial charge in [0, 0.05) is 10.8 Å². The molecule has 2 atom stereocenters. The van der Waals surface area contributed by atoms with Gasteiger partial charge in [-0.2, -0.15) is 0 Å². The van der Waals surface area contributed by atoms with E-state index in [2.05, 4.69) is 12.6 Å². The number of carbonyl (C=O) groups is 1. The summed E-state index contributed by atoms with van der Waals surface area (Å²) in [6.45, 7) is 12.0. The maximum atomic E-state index is 12.1. The summed E-state index contributed by atoms with van der Waals surface area (Å²) in [5, 5.41) is 0. The summed E-state index contributed by atoms with van der Waals surface area (Å²) < 4.78 is 11.1. The maximum Gasteiger partial charge on any atom is 0.339 e. The second-order valence-electron chi connectivity index (χ2n) is 7.30. The van der Waals surface area contributed by atoms with Crippen molar-refractivity contribution in [2.75, 3.05) is 6.61 Å². The molecule has 0 saturated carbocycles. The lowest BCUT2D eigenvalue weighted by Gasteiger charge is -2.29.